The summed E-state index contributed by atoms with van der Waals surface area (Å²) in [6.45, 7) is 1.19. The zero-order chi connectivity index (χ0) is 11.4. The molecule has 4 nitrogen and oxygen atoms in total. The minimum absolute atomic E-state index is 0.0255. The normalized spacial score (nSPS) is 14.7. The summed E-state index contributed by atoms with van der Waals surface area (Å²) in [5.74, 6) is -0.0255. The predicted octanol–water partition coefficient (Wildman–Crippen LogP) is 0.242. The Balaban J connectivity index is 2.84. The Bertz CT molecular complexity index is 334. The molecule has 0 radical (unpaired) electrons. The number of Topliss-reactive ketones (excluding diaryl/α,β-unsaturated/α-hetero) is 1. The van der Waals surface area contributed by atoms with Crippen LogP contribution in [0.1, 0.15) is 28.9 Å². The molecule has 0 spiro atoms. The van der Waals surface area contributed by atoms with Crippen molar-refractivity contribution in [3.63, 3.8) is 0 Å². The third kappa shape index (κ3) is 2.86. The fraction of sp³-hybridized carbons (Fsp3) is 0.364. The molecule has 0 heterocycles. The van der Waals surface area contributed by atoms with Crippen molar-refractivity contribution in [3.05, 3.63) is 35.4 Å². The quantitative estimate of drug-likeness (QED) is 0.620. The molecule has 0 saturated carbocycles. The Kier molecular flexibility index (Phi) is 3.96. The number of hydrogen-bond acceptors (Lipinski definition) is 4. The highest BCUT2D eigenvalue weighted by molar-refractivity contribution is 5.94. The van der Waals surface area contributed by atoms with Gasteiger partial charge in [0.1, 0.15) is 0 Å². The zero-order valence-corrected chi connectivity index (χ0v) is 8.55. The van der Waals surface area contributed by atoms with Crippen LogP contribution in [0, 0.1) is 0 Å². The molecule has 0 aliphatic heterocycles. The van der Waals surface area contributed by atoms with Crippen LogP contribution in [0.3, 0.4) is 0 Å². The van der Waals surface area contributed by atoms with Crippen LogP contribution in [0.2, 0.25) is 0 Å². The van der Waals surface area contributed by atoms with Gasteiger partial charge in [-0.25, -0.2) is 0 Å². The first-order chi connectivity index (χ1) is 7.06. The lowest BCUT2D eigenvalue weighted by atomic mass is 10.0. The largest absolute Gasteiger partial charge is 0.395 e. The monoisotopic (exact) mass is 209 g/mol. The number of hydrogen-bond donors (Lipinski definition) is 3. The summed E-state index contributed by atoms with van der Waals surface area (Å²) >= 11 is 0. The molecular weight excluding hydrogens is 194 g/mol. The highest BCUT2D eigenvalue weighted by atomic mass is 16.3. The van der Waals surface area contributed by atoms with Gasteiger partial charge in [-0.15, -0.1) is 0 Å². The van der Waals surface area contributed by atoms with Crippen molar-refractivity contribution in [1.82, 2.24) is 0 Å². The molecule has 0 fully saturated rings. The molecular formula is C11H15NO3. The van der Waals surface area contributed by atoms with Crippen molar-refractivity contribution in [2.45, 2.75) is 19.1 Å². The van der Waals surface area contributed by atoms with Gasteiger partial charge in [-0.05, 0) is 12.5 Å². The van der Waals surface area contributed by atoms with Gasteiger partial charge in [-0.3, -0.25) is 4.79 Å². The van der Waals surface area contributed by atoms with E-state index in [9.17, 15) is 9.90 Å². The number of aliphatic hydroxyl groups is 2. The number of rotatable bonds is 4. The molecule has 15 heavy (non-hydrogen) atoms. The maximum absolute atomic E-state index is 11.0. The Morgan fingerprint density at radius 3 is 2.33 bits per heavy atom. The molecule has 4 N–H and O–H groups in total. The summed E-state index contributed by atoms with van der Waals surface area (Å²) in [4.78, 5) is 11.0. The van der Waals surface area contributed by atoms with Crippen LogP contribution in [0.4, 0.5) is 0 Å². The van der Waals surface area contributed by atoms with Crippen molar-refractivity contribution in [1.29, 1.82) is 0 Å². The Morgan fingerprint density at radius 1 is 1.40 bits per heavy atom. The van der Waals surface area contributed by atoms with E-state index in [2.05, 4.69) is 0 Å². The first kappa shape index (κ1) is 11.8. The summed E-state index contributed by atoms with van der Waals surface area (Å²) in [6, 6.07) is 5.83. The number of aliphatic hydroxyl groups excluding tert-OH is 2. The Labute approximate surface area is 88.3 Å². The molecule has 4 heteroatoms. The van der Waals surface area contributed by atoms with E-state index < -0.39 is 12.1 Å². The van der Waals surface area contributed by atoms with Crippen molar-refractivity contribution < 1.29 is 15.0 Å². The minimum atomic E-state index is -0.906. The van der Waals surface area contributed by atoms with Crippen LogP contribution in [0.5, 0.6) is 0 Å². The lowest BCUT2D eigenvalue weighted by molar-refractivity contribution is 0.101. The zero-order valence-electron chi connectivity index (χ0n) is 8.55. The number of nitrogens with two attached hydrogens (primary N) is 1. The molecule has 1 aromatic rings. The van der Waals surface area contributed by atoms with E-state index in [1.54, 1.807) is 24.3 Å². The molecule has 0 aromatic heterocycles. The molecule has 0 saturated heterocycles. The molecule has 1 aromatic carbocycles. The van der Waals surface area contributed by atoms with E-state index in [1.807, 2.05) is 0 Å². The summed E-state index contributed by atoms with van der Waals surface area (Å²) in [5, 5.41) is 18.4. The van der Waals surface area contributed by atoms with Crippen LogP contribution in [-0.2, 0) is 0 Å². The molecule has 0 aliphatic carbocycles. The van der Waals surface area contributed by atoms with Gasteiger partial charge in [-0.2, -0.15) is 0 Å². The molecule has 2 unspecified atom stereocenters. The van der Waals surface area contributed by atoms with Gasteiger partial charge >= 0.3 is 0 Å². The standard InChI is InChI=1S/C11H15NO3/c1-7(14)8-2-4-9(5-3-8)11(15)10(12)6-13/h2-5,10-11,13,15H,6,12H2,1H3. The lowest BCUT2D eigenvalue weighted by Crippen LogP contribution is -2.31. The van der Waals surface area contributed by atoms with Gasteiger partial charge in [-0.1, -0.05) is 24.3 Å². The van der Waals surface area contributed by atoms with Gasteiger partial charge < -0.3 is 15.9 Å². The van der Waals surface area contributed by atoms with Crippen molar-refractivity contribution in [2.75, 3.05) is 6.61 Å². The number of carbonyl (C=O) groups excluding carboxylic acids is 1. The molecule has 2 atom stereocenters. The molecule has 0 aliphatic rings. The van der Waals surface area contributed by atoms with Crippen LogP contribution in [0.25, 0.3) is 0 Å². The lowest BCUT2D eigenvalue weighted by Gasteiger charge is -2.16. The minimum Gasteiger partial charge on any atom is -0.395 e. The van der Waals surface area contributed by atoms with Gasteiger partial charge in [0.15, 0.2) is 5.78 Å². The van der Waals surface area contributed by atoms with Gasteiger partial charge in [0.05, 0.1) is 18.8 Å². The summed E-state index contributed by atoms with van der Waals surface area (Å²) < 4.78 is 0. The van der Waals surface area contributed by atoms with Crippen molar-refractivity contribution in [2.24, 2.45) is 5.73 Å². The molecule has 1 rings (SSSR count). The fourth-order valence-electron chi connectivity index (χ4n) is 1.26. The van der Waals surface area contributed by atoms with E-state index in [1.165, 1.54) is 6.92 Å². The molecule has 82 valence electrons. The topological polar surface area (TPSA) is 83.5 Å². The maximum Gasteiger partial charge on any atom is 0.159 e. The molecule has 0 amide bonds. The number of ketones is 1. The van der Waals surface area contributed by atoms with E-state index >= 15 is 0 Å². The van der Waals surface area contributed by atoms with E-state index in [-0.39, 0.29) is 12.4 Å². The van der Waals surface area contributed by atoms with Crippen LogP contribution < -0.4 is 5.73 Å². The van der Waals surface area contributed by atoms with E-state index in [4.69, 9.17) is 10.8 Å². The van der Waals surface area contributed by atoms with Crippen molar-refractivity contribution >= 4 is 5.78 Å². The SMILES string of the molecule is CC(=O)c1ccc(C(O)C(N)CO)cc1. The average molecular weight is 209 g/mol. The highest BCUT2D eigenvalue weighted by Gasteiger charge is 2.15. The average Bonchev–Trinajstić information content (AvgIpc) is 2.27. The first-order valence-corrected chi connectivity index (χ1v) is 4.71. The molecule has 0 bridgehead atoms. The Morgan fingerprint density at radius 2 is 1.93 bits per heavy atom. The number of benzene rings is 1. The van der Waals surface area contributed by atoms with Gasteiger partial charge in [0.2, 0.25) is 0 Å². The second kappa shape index (κ2) is 5.02. The fourth-order valence-corrected chi connectivity index (χ4v) is 1.26. The summed E-state index contributed by atoms with van der Waals surface area (Å²) in [7, 11) is 0. The van der Waals surface area contributed by atoms with Gasteiger partial charge in [0.25, 0.3) is 0 Å². The number of carbonyl (C=O) groups is 1. The smallest absolute Gasteiger partial charge is 0.159 e. The maximum atomic E-state index is 11.0. The van der Waals surface area contributed by atoms with E-state index in [0.717, 1.165) is 0 Å². The highest BCUT2D eigenvalue weighted by Crippen LogP contribution is 2.16. The summed E-state index contributed by atoms with van der Waals surface area (Å²) in [5.41, 5.74) is 6.66. The van der Waals surface area contributed by atoms with Crippen molar-refractivity contribution in [3.8, 4) is 0 Å². The van der Waals surface area contributed by atoms with Crippen LogP contribution in [-0.4, -0.2) is 28.6 Å². The van der Waals surface area contributed by atoms with Crippen LogP contribution in [0.15, 0.2) is 24.3 Å². The van der Waals surface area contributed by atoms with E-state index in [0.29, 0.717) is 11.1 Å². The second-order valence-electron chi connectivity index (χ2n) is 3.47. The Hall–Kier alpha value is -1.23. The second-order valence-corrected chi connectivity index (χ2v) is 3.47. The summed E-state index contributed by atoms with van der Waals surface area (Å²) in [6.07, 6.45) is -0.906. The third-order valence-electron chi connectivity index (χ3n) is 2.28. The third-order valence-corrected chi connectivity index (χ3v) is 2.28. The predicted molar refractivity (Wildman–Crippen MR) is 56.5 cm³/mol. The first-order valence-electron chi connectivity index (χ1n) is 4.71. The van der Waals surface area contributed by atoms with Gasteiger partial charge in [0, 0.05) is 5.56 Å². The van der Waals surface area contributed by atoms with Crippen LogP contribution >= 0.6 is 0 Å².